The summed E-state index contributed by atoms with van der Waals surface area (Å²) >= 11 is 0. The van der Waals surface area contributed by atoms with E-state index >= 15 is 0 Å². The summed E-state index contributed by atoms with van der Waals surface area (Å²) in [6, 6.07) is 8.26. The fraction of sp³-hybridized carbons (Fsp3) is 0.500. The van der Waals surface area contributed by atoms with Crippen LogP contribution in [0.2, 0.25) is 0 Å². The lowest BCUT2D eigenvalue weighted by atomic mass is 9.98. The molecule has 0 saturated heterocycles. The van der Waals surface area contributed by atoms with Gasteiger partial charge in [0, 0.05) is 6.04 Å². The van der Waals surface area contributed by atoms with Gasteiger partial charge in [0.1, 0.15) is 5.54 Å². The number of hydrogen-bond acceptors (Lipinski definition) is 3. The third kappa shape index (κ3) is 3.30. The molecule has 94 valence electrons. The molecule has 0 aromatic heterocycles. The van der Waals surface area contributed by atoms with E-state index in [1.54, 1.807) is 0 Å². The molecule has 0 fully saturated rings. The molecule has 0 spiro atoms. The Morgan fingerprint density at radius 1 is 1.35 bits per heavy atom. The molecule has 1 N–H and O–H groups in total. The molecular formula is C14H21NO2. The molecule has 1 aromatic carbocycles. The fourth-order valence-electron chi connectivity index (χ4n) is 2.01. The van der Waals surface area contributed by atoms with Crippen molar-refractivity contribution in [3.63, 3.8) is 0 Å². The third-order valence-corrected chi connectivity index (χ3v) is 2.93. The SMILES string of the molecule is COC(=O)C(C)(C)NC(C)c1ccccc1C. The molecule has 3 heteroatoms. The smallest absolute Gasteiger partial charge is 0.325 e. The van der Waals surface area contributed by atoms with Crippen molar-refractivity contribution in [3.05, 3.63) is 35.4 Å². The van der Waals surface area contributed by atoms with Crippen LogP contribution in [-0.2, 0) is 9.53 Å². The molecule has 0 amide bonds. The van der Waals surface area contributed by atoms with Gasteiger partial charge in [0.05, 0.1) is 7.11 Å². The Morgan fingerprint density at radius 2 is 1.94 bits per heavy atom. The lowest BCUT2D eigenvalue weighted by Gasteiger charge is -2.28. The van der Waals surface area contributed by atoms with Crippen LogP contribution < -0.4 is 5.32 Å². The molecule has 0 saturated carbocycles. The van der Waals surface area contributed by atoms with Gasteiger partial charge >= 0.3 is 5.97 Å². The van der Waals surface area contributed by atoms with E-state index in [0.717, 1.165) is 0 Å². The predicted octanol–water partition coefficient (Wildman–Crippen LogP) is 2.60. The van der Waals surface area contributed by atoms with Gasteiger partial charge in [0.25, 0.3) is 0 Å². The molecule has 1 atom stereocenters. The van der Waals surface area contributed by atoms with Crippen LogP contribution in [-0.4, -0.2) is 18.6 Å². The standard InChI is InChI=1S/C14H21NO2/c1-10-8-6-7-9-12(10)11(2)15-14(3,4)13(16)17-5/h6-9,11,15H,1-5H3. The molecule has 1 unspecified atom stereocenters. The lowest BCUT2D eigenvalue weighted by molar-refractivity contribution is -0.147. The Balaban J connectivity index is 2.83. The summed E-state index contributed by atoms with van der Waals surface area (Å²) in [6.07, 6.45) is 0. The zero-order valence-corrected chi connectivity index (χ0v) is 11.2. The quantitative estimate of drug-likeness (QED) is 0.815. The zero-order chi connectivity index (χ0) is 13.1. The summed E-state index contributed by atoms with van der Waals surface area (Å²) in [6.45, 7) is 7.77. The number of hydrogen-bond donors (Lipinski definition) is 1. The van der Waals surface area contributed by atoms with Crippen molar-refractivity contribution >= 4 is 5.97 Å². The molecule has 17 heavy (non-hydrogen) atoms. The van der Waals surface area contributed by atoms with E-state index in [1.807, 2.05) is 32.9 Å². The van der Waals surface area contributed by atoms with Crippen molar-refractivity contribution in [2.75, 3.05) is 7.11 Å². The number of nitrogens with one attached hydrogen (secondary N) is 1. The normalized spacial score (nSPS) is 13.2. The molecular weight excluding hydrogens is 214 g/mol. The molecule has 1 aromatic rings. The van der Waals surface area contributed by atoms with Crippen molar-refractivity contribution in [2.45, 2.75) is 39.3 Å². The van der Waals surface area contributed by atoms with Gasteiger partial charge in [-0.1, -0.05) is 24.3 Å². The lowest BCUT2D eigenvalue weighted by Crippen LogP contribution is -2.48. The van der Waals surface area contributed by atoms with Crippen LogP contribution in [0.15, 0.2) is 24.3 Å². The van der Waals surface area contributed by atoms with Crippen LogP contribution in [0.1, 0.15) is 37.9 Å². The van der Waals surface area contributed by atoms with Crippen molar-refractivity contribution in [1.82, 2.24) is 5.32 Å². The Kier molecular flexibility index (Phi) is 4.29. The second-order valence-electron chi connectivity index (χ2n) is 4.84. The molecule has 0 aliphatic rings. The van der Waals surface area contributed by atoms with Crippen LogP contribution in [0.3, 0.4) is 0 Å². The predicted molar refractivity (Wildman–Crippen MR) is 68.8 cm³/mol. The molecule has 0 radical (unpaired) electrons. The summed E-state index contributed by atoms with van der Waals surface area (Å²) in [4.78, 5) is 11.6. The van der Waals surface area contributed by atoms with Crippen molar-refractivity contribution in [2.24, 2.45) is 0 Å². The Hall–Kier alpha value is -1.35. The topological polar surface area (TPSA) is 38.3 Å². The van der Waals surface area contributed by atoms with Crippen LogP contribution in [0.5, 0.6) is 0 Å². The van der Waals surface area contributed by atoms with Crippen molar-refractivity contribution in [1.29, 1.82) is 0 Å². The number of carbonyl (C=O) groups excluding carboxylic acids is 1. The average Bonchev–Trinajstić information content (AvgIpc) is 2.27. The Labute approximate surface area is 103 Å². The minimum Gasteiger partial charge on any atom is -0.468 e. The van der Waals surface area contributed by atoms with Crippen LogP contribution >= 0.6 is 0 Å². The Morgan fingerprint density at radius 3 is 2.47 bits per heavy atom. The van der Waals surface area contributed by atoms with E-state index in [9.17, 15) is 4.79 Å². The summed E-state index contributed by atoms with van der Waals surface area (Å²) in [5.74, 6) is -0.252. The maximum atomic E-state index is 11.6. The number of methoxy groups -OCH3 is 1. The maximum absolute atomic E-state index is 11.6. The number of ether oxygens (including phenoxy) is 1. The van der Waals surface area contributed by atoms with Gasteiger partial charge in [0.15, 0.2) is 0 Å². The molecule has 0 heterocycles. The van der Waals surface area contributed by atoms with Crippen LogP contribution in [0.4, 0.5) is 0 Å². The first-order valence-electron chi connectivity index (χ1n) is 5.80. The first-order valence-corrected chi connectivity index (χ1v) is 5.80. The number of carbonyl (C=O) groups is 1. The van der Waals surface area contributed by atoms with Gasteiger partial charge in [-0.25, -0.2) is 0 Å². The number of aryl methyl sites for hydroxylation is 1. The average molecular weight is 235 g/mol. The highest BCUT2D eigenvalue weighted by atomic mass is 16.5. The summed E-state index contributed by atoms with van der Waals surface area (Å²) < 4.78 is 4.78. The minimum atomic E-state index is -0.684. The third-order valence-electron chi connectivity index (χ3n) is 2.93. The molecule has 0 aliphatic heterocycles. The van der Waals surface area contributed by atoms with E-state index in [-0.39, 0.29) is 12.0 Å². The summed E-state index contributed by atoms with van der Waals surface area (Å²) in [7, 11) is 1.41. The number of esters is 1. The second-order valence-corrected chi connectivity index (χ2v) is 4.84. The Bertz CT molecular complexity index is 399. The van der Waals surface area contributed by atoms with Gasteiger partial charge in [-0.05, 0) is 38.8 Å². The molecule has 1 rings (SSSR count). The number of benzene rings is 1. The highest BCUT2D eigenvalue weighted by Gasteiger charge is 2.30. The monoisotopic (exact) mass is 235 g/mol. The largest absolute Gasteiger partial charge is 0.468 e. The number of rotatable bonds is 4. The molecule has 0 bridgehead atoms. The summed E-state index contributed by atoms with van der Waals surface area (Å²) in [5, 5.41) is 3.29. The van der Waals surface area contributed by atoms with Gasteiger partial charge in [-0.2, -0.15) is 0 Å². The van der Waals surface area contributed by atoms with Gasteiger partial charge in [-0.15, -0.1) is 0 Å². The molecule has 0 aliphatic carbocycles. The highest BCUT2D eigenvalue weighted by Crippen LogP contribution is 2.20. The van der Waals surface area contributed by atoms with E-state index in [0.29, 0.717) is 0 Å². The highest BCUT2D eigenvalue weighted by molar-refractivity contribution is 5.79. The van der Waals surface area contributed by atoms with E-state index < -0.39 is 5.54 Å². The zero-order valence-electron chi connectivity index (χ0n) is 11.2. The van der Waals surface area contributed by atoms with E-state index in [1.165, 1.54) is 18.2 Å². The van der Waals surface area contributed by atoms with E-state index in [2.05, 4.69) is 24.4 Å². The van der Waals surface area contributed by atoms with Crippen LogP contribution in [0.25, 0.3) is 0 Å². The molecule has 3 nitrogen and oxygen atoms in total. The van der Waals surface area contributed by atoms with Crippen molar-refractivity contribution in [3.8, 4) is 0 Å². The first kappa shape index (κ1) is 13.7. The first-order chi connectivity index (χ1) is 7.88. The maximum Gasteiger partial charge on any atom is 0.325 e. The van der Waals surface area contributed by atoms with Gasteiger partial charge in [0.2, 0.25) is 0 Å². The fourth-order valence-corrected chi connectivity index (χ4v) is 2.01. The van der Waals surface area contributed by atoms with E-state index in [4.69, 9.17) is 4.74 Å². The van der Waals surface area contributed by atoms with Gasteiger partial charge < -0.3 is 4.74 Å². The second kappa shape index (κ2) is 5.32. The summed E-state index contributed by atoms with van der Waals surface area (Å²) in [5.41, 5.74) is 1.73. The van der Waals surface area contributed by atoms with Gasteiger partial charge in [-0.3, -0.25) is 10.1 Å². The van der Waals surface area contributed by atoms with Crippen LogP contribution in [0, 0.1) is 6.92 Å². The van der Waals surface area contributed by atoms with Crippen molar-refractivity contribution < 1.29 is 9.53 Å². The minimum absolute atomic E-state index is 0.102.